The third kappa shape index (κ3) is 2.10. The molecule has 0 bridgehead atoms. The van der Waals surface area contributed by atoms with E-state index < -0.39 is 0 Å². The molecule has 1 aliphatic rings. The predicted octanol–water partition coefficient (Wildman–Crippen LogP) is 1.02. The van der Waals surface area contributed by atoms with E-state index in [0.29, 0.717) is 30.8 Å². The molecule has 0 aliphatic heterocycles. The summed E-state index contributed by atoms with van der Waals surface area (Å²) in [6, 6.07) is -0.0853. The molecule has 1 saturated carbocycles. The first-order valence-corrected chi connectivity index (χ1v) is 4.97. The third-order valence-corrected chi connectivity index (χ3v) is 2.33. The number of hydrogen-bond donors (Lipinski definition) is 1. The average Bonchev–Trinajstić information content (AvgIpc) is 2.94. The molecule has 1 fully saturated rings. The van der Waals surface area contributed by atoms with E-state index in [9.17, 15) is 0 Å². The second kappa shape index (κ2) is 4.06. The van der Waals surface area contributed by atoms with Crippen LogP contribution < -0.4 is 5.73 Å². The standard InChI is InChI=1S/C9H15N3O2/c1-2-13-5-7-11-9(14-12-7)8(10)6-3-4-6/h6,8H,2-5,10H2,1H3. The summed E-state index contributed by atoms with van der Waals surface area (Å²) < 4.78 is 10.2. The van der Waals surface area contributed by atoms with Gasteiger partial charge >= 0.3 is 0 Å². The van der Waals surface area contributed by atoms with Crippen molar-refractivity contribution >= 4 is 0 Å². The van der Waals surface area contributed by atoms with E-state index in [0.717, 1.165) is 0 Å². The lowest BCUT2D eigenvalue weighted by atomic mass is 10.2. The molecule has 1 atom stereocenters. The second-order valence-corrected chi connectivity index (χ2v) is 3.55. The van der Waals surface area contributed by atoms with Gasteiger partial charge in [-0.15, -0.1) is 0 Å². The topological polar surface area (TPSA) is 74.2 Å². The maximum atomic E-state index is 5.91. The molecule has 78 valence electrons. The van der Waals surface area contributed by atoms with Crippen molar-refractivity contribution in [3.8, 4) is 0 Å². The summed E-state index contributed by atoms with van der Waals surface area (Å²) in [5.74, 6) is 1.66. The smallest absolute Gasteiger partial charge is 0.243 e. The van der Waals surface area contributed by atoms with Crippen LogP contribution in [0.2, 0.25) is 0 Å². The van der Waals surface area contributed by atoms with Crippen LogP contribution in [0, 0.1) is 5.92 Å². The molecule has 2 rings (SSSR count). The summed E-state index contributed by atoms with van der Waals surface area (Å²) >= 11 is 0. The van der Waals surface area contributed by atoms with Gasteiger partial charge in [0.1, 0.15) is 6.61 Å². The molecule has 1 unspecified atom stereocenters. The van der Waals surface area contributed by atoms with Crippen LogP contribution in [0.4, 0.5) is 0 Å². The summed E-state index contributed by atoms with van der Waals surface area (Å²) in [6.45, 7) is 2.98. The molecule has 5 nitrogen and oxygen atoms in total. The van der Waals surface area contributed by atoms with Crippen molar-refractivity contribution in [2.45, 2.75) is 32.4 Å². The zero-order valence-corrected chi connectivity index (χ0v) is 8.27. The van der Waals surface area contributed by atoms with E-state index in [1.165, 1.54) is 12.8 Å². The Bertz CT molecular complexity index is 296. The van der Waals surface area contributed by atoms with Gasteiger partial charge in [0.15, 0.2) is 5.82 Å². The molecule has 2 N–H and O–H groups in total. The molecule has 14 heavy (non-hydrogen) atoms. The van der Waals surface area contributed by atoms with Crippen LogP contribution in [-0.4, -0.2) is 16.7 Å². The molecular weight excluding hydrogens is 182 g/mol. The highest BCUT2D eigenvalue weighted by molar-refractivity contribution is 4.97. The van der Waals surface area contributed by atoms with Crippen LogP contribution in [0.5, 0.6) is 0 Å². The Morgan fingerprint density at radius 3 is 3.07 bits per heavy atom. The molecular formula is C9H15N3O2. The van der Waals surface area contributed by atoms with Crippen molar-refractivity contribution in [1.29, 1.82) is 0 Å². The fraction of sp³-hybridized carbons (Fsp3) is 0.778. The first-order chi connectivity index (χ1) is 6.81. The molecule has 1 aromatic heterocycles. The fourth-order valence-electron chi connectivity index (χ4n) is 1.31. The van der Waals surface area contributed by atoms with E-state index in [-0.39, 0.29) is 6.04 Å². The maximum Gasteiger partial charge on any atom is 0.243 e. The Balaban J connectivity index is 1.94. The Labute approximate surface area is 82.6 Å². The van der Waals surface area contributed by atoms with Crippen LogP contribution in [0.3, 0.4) is 0 Å². The monoisotopic (exact) mass is 197 g/mol. The van der Waals surface area contributed by atoms with Gasteiger partial charge in [-0.3, -0.25) is 0 Å². The largest absolute Gasteiger partial charge is 0.374 e. The predicted molar refractivity (Wildman–Crippen MR) is 49.3 cm³/mol. The SMILES string of the molecule is CCOCc1noc(C(N)C2CC2)n1. The van der Waals surface area contributed by atoms with Gasteiger partial charge < -0.3 is 15.0 Å². The first kappa shape index (κ1) is 9.61. The summed E-state index contributed by atoms with van der Waals surface area (Å²) in [5, 5.41) is 3.79. The van der Waals surface area contributed by atoms with Crippen molar-refractivity contribution < 1.29 is 9.26 Å². The van der Waals surface area contributed by atoms with Crippen LogP contribution >= 0.6 is 0 Å². The molecule has 0 amide bonds. The molecule has 0 saturated heterocycles. The van der Waals surface area contributed by atoms with Gasteiger partial charge in [-0.2, -0.15) is 4.98 Å². The van der Waals surface area contributed by atoms with Gasteiger partial charge in [0.05, 0.1) is 6.04 Å². The van der Waals surface area contributed by atoms with Crippen molar-refractivity contribution in [1.82, 2.24) is 10.1 Å². The Morgan fingerprint density at radius 1 is 1.64 bits per heavy atom. The Morgan fingerprint density at radius 2 is 2.43 bits per heavy atom. The average molecular weight is 197 g/mol. The third-order valence-electron chi connectivity index (χ3n) is 2.33. The van der Waals surface area contributed by atoms with E-state index in [1.54, 1.807) is 0 Å². The maximum absolute atomic E-state index is 5.91. The summed E-state index contributed by atoms with van der Waals surface area (Å²) in [7, 11) is 0. The number of nitrogens with two attached hydrogens (primary N) is 1. The van der Waals surface area contributed by atoms with Crippen LogP contribution in [0.1, 0.15) is 37.5 Å². The summed E-state index contributed by atoms with van der Waals surface area (Å²) in [5.41, 5.74) is 5.91. The highest BCUT2D eigenvalue weighted by Crippen LogP contribution is 2.38. The summed E-state index contributed by atoms with van der Waals surface area (Å²) in [4.78, 5) is 4.18. The summed E-state index contributed by atoms with van der Waals surface area (Å²) in [6.07, 6.45) is 2.34. The molecule has 0 aromatic carbocycles. The van der Waals surface area contributed by atoms with Gasteiger partial charge in [-0.25, -0.2) is 0 Å². The van der Waals surface area contributed by atoms with Gasteiger partial charge in [0.25, 0.3) is 0 Å². The van der Waals surface area contributed by atoms with E-state index in [2.05, 4.69) is 10.1 Å². The van der Waals surface area contributed by atoms with Gasteiger partial charge in [-0.1, -0.05) is 5.16 Å². The fourth-order valence-corrected chi connectivity index (χ4v) is 1.31. The highest BCUT2D eigenvalue weighted by Gasteiger charge is 2.33. The van der Waals surface area contributed by atoms with Crippen LogP contribution in [0.25, 0.3) is 0 Å². The van der Waals surface area contributed by atoms with E-state index in [4.69, 9.17) is 15.0 Å². The van der Waals surface area contributed by atoms with E-state index in [1.807, 2.05) is 6.92 Å². The lowest BCUT2D eigenvalue weighted by Crippen LogP contribution is -2.12. The van der Waals surface area contributed by atoms with Crippen molar-refractivity contribution in [2.24, 2.45) is 11.7 Å². The van der Waals surface area contributed by atoms with Crippen molar-refractivity contribution in [3.05, 3.63) is 11.7 Å². The molecule has 1 heterocycles. The molecule has 0 radical (unpaired) electrons. The minimum Gasteiger partial charge on any atom is -0.374 e. The normalized spacial score (nSPS) is 18.4. The molecule has 1 aliphatic carbocycles. The number of nitrogens with zero attached hydrogens (tertiary/aromatic N) is 2. The zero-order valence-electron chi connectivity index (χ0n) is 8.27. The molecule has 0 spiro atoms. The van der Waals surface area contributed by atoms with Crippen LogP contribution in [-0.2, 0) is 11.3 Å². The molecule has 5 heteroatoms. The van der Waals surface area contributed by atoms with Gasteiger partial charge in [0, 0.05) is 6.61 Å². The van der Waals surface area contributed by atoms with Gasteiger partial charge in [0.2, 0.25) is 5.89 Å². The lowest BCUT2D eigenvalue weighted by molar-refractivity contribution is 0.126. The number of aromatic nitrogens is 2. The van der Waals surface area contributed by atoms with Gasteiger partial charge in [-0.05, 0) is 25.7 Å². The molecule has 1 aromatic rings. The number of hydrogen-bond acceptors (Lipinski definition) is 5. The quantitative estimate of drug-likeness (QED) is 0.762. The highest BCUT2D eigenvalue weighted by atomic mass is 16.5. The lowest BCUT2D eigenvalue weighted by Gasteiger charge is -2.01. The minimum atomic E-state index is -0.0853. The van der Waals surface area contributed by atoms with Crippen molar-refractivity contribution in [2.75, 3.05) is 6.61 Å². The number of rotatable bonds is 5. The van der Waals surface area contributed by atoms with Crippen molar-refractivity contribution in [3.63, 3.8) is 0 Å². The first-order valence-electron chi connectivity index (χ1n) is 4.97. The van der Waals surface area contributed by atoms with E-state index >= 15 is 0 Å². The second-order valence-electron chi connectivity index (χ2n) is 3.55. The minimum absolute atomic E-state index is 0.0853. The number of ether oxygens (including phenoxy) is 1. The Hall–Kier alpha value is -0.940. The Kier molecular flexibility index (Phi) is 2.79. The zero-order chi connectivity index (χ0) is 9.97. The van der Waals surface area contributed by atoms with Crippen LogP contribution in [0.15, 0.2) is 4.52 Å².